The summed E-state index contributed by atoms with van der Waals surface area (Å²) in [5.74, 6) is 0.943. The van der Waals surface area contributed by atoms with Crippen LogP contribution in [0.25, 0.3) is 0 Å². The van der Waals surface area contributed by atoms with E-state index in [1.807, 2.05) is 37.3 Å². The number of carbonyl (C=O) groups is 1. The van der Waals surface area contributed by atoms with Crippen molar-refractivity contribution in [2.75, 3.05) is 12.4 Å². The fraction of sp³-hybridized carbons (Fsp3) is 0.353. The minimum atomic E-state index is -0.0561. The summed E-state index contributed by atoms with van der Waals surface area (Å²) in [6.07, 6.45) is 3.57. The topological polar surface area (TPSA) is 54.3 Å². The monoisotopic (exact) mass is 286 g/mol. The van der Waals surface area contributed by atoms with Gasteiger partial charge in [0.05, 0.1) is 6.26 Å². The van der Waals surface area contributed by atoms with Gasteiger partial charge >= 0.3 is 0 Å². The molecule has 2 N–H and O–H groups in total. The predicted molar refractivity (Wildman–Crippen MR) is 84.7 cm³/mol. The molecule has 4 nitrogen and oxygen atoms in total. The van der Waals surface area contributed by atoms with E-state index in [9.17, 15) is 4.79 Å². The SMILES string of the molecule is CNC(=O)c1cccc(NC(C)CCc2ccco2)c1C. The molecule has 2 aromatic rings. The average Bonchev–Trinajstić information content (AvgIpc) is 3.00. The molecule has 0 spiro atoms. The summed E-state index contributed by atoms with van der Waals surface area (Å²) in [4.78, 5) is 11.8. The van der Waals surface area contributed by atoms with E-state index in [1.54, 1.807) is 13.3 Å². The lowest BCUT2D eigenvalue weighted by Gasteiger charge is -2.18. The zero-order valence-corrected chi connectivity index (χ0v) is 12.8. The first-order valence-corrected chi connectivity index (χ1v) is 7.22. The summed E-state index contributed by atoms with van der Waals surface area (Å²) in [5, 5.41) is 6.14. The van der Waals surface area contributed by atoms with Gasteiger partial charge in [0.1, 0.15) is 5.76 Å². The molecule has 1 unspecified atom stereocenters. The van der Waals surface area contributed by atoms with Gasteiger partial charge in [0.15, 0.2) is 0 Å². The van der Waals surface area contributed by atoms with E-state index in [0.717, 1.165) is 29.9 Å². The molecule has 0 bridgehead atoms. The molecule has 2 rings (SSSR count). The van der Waals surface area contributed by atoms with Crippen molar-refractivity contribution in [3.8, 4) is 0 Å². The number of rotatable bonds is 6. The summed E-state index contributed by atoms with van der Waals surface area (Å²) >= 11 is 0. The van der Waals surface area contributed by atoms with Gasteiger partial charge in [0, 0.05) is 30.8 Å². The fourth-order valence-electron chi connectivity index (χ4n) is 2.32. The Hall–Kier alpha value is -2.23. The van der Waals surface area contributed by atoms with E-state index in [2.05, 4.69) is 17.6 Å². The van der Waals surface area contributed by atoms with Crippen molar-refractivity contribution in [1.29, 1.82) is 0 Å². The van der Waals surface area contributed by atoms with Crippen LogP contribution in [0.3, 0.4) is 0 Å². The Bertz CT molecular complexity index is 591. The number of amides is 1. The Kier molecular flexibility index (Phi) is 5.04. The highest BCUT2D eigenvalue weighted by Gasteiger charge is 2.12. The Balaban J connectivity index is 2.00. The normalized spacial score (nSPS) is 12.0. The fourth-order valence-corrected chi connectivity index (χ4v) is 2.32. The van der Waals surface area contributed by atoms with Gasteiger partial charge in [-0.2, -0.15) is 0 Å². The summed E-state index contributed by atoms with van der Waals surface area (Å²) in [6.45, 7) is 4.10. The standard InChI is InChI=1S/C17H22N2O2/c1-12(9-10-14-6-5-11-21-14)19-16-8-4-7-15(13(16)2)17(20)18-3/h4-8,11-12,19H,9-10H2,1-3H3,(H,18,20). The average molecular weight is 286 g/mol. The van der Waals surface area contributed by atoms with Crippen LogP contribution in [-0.2, 0) is 6.42 Å². The second-order valence-corrected chi connectivity index (χ2v) is 5.22. The highest BCUT2D eigenvalue weighted by molar-refractivity contribution is 5.96. The lowest BCUT2D eigenvalue weighted by atomic mass is 10.0. The van der Waals surface area contributed by atoms with Crippen molar-refractivity contribution in [3.05, 3.63) is 53.5 Å². The third-order valence-electron chi connectivity index (χ3n) is 3.61. The zero-order chi connectivity index (χ0) is 15.2. The van der Waals surface area contributed by atoms with E-state index < -0.39 is 0 Å². The van der Waals surface area contributed by atoms with Crippen LogP contribution in [0.1, 0.15) is 35.0 Å². The molecule has 0 radical (unpaired) electrons. The number of benzene rings is 1. The summed E-state index contributed by atoms with van der Waals surface area (Å²) in [7, 11) is 1.65. The first-order chi connectivity index (χ1) is 10.1. The number of furan rings is 1. The van der Waals surface area contributed by atoms with Gasteiger partial charge in [-0.15, -0.1) is 0 Å². The Morgan fingerprint density at radius 3 is 2.76 bits per heavy atom. The minimum Gasteiger partial charge on any atom is -0.469 e. The van der Waals surface area contributed by atoms with Crippen molar-refractivity contribution >= 4 is 11.6 Å². The van der Waals surface area contributed by atoms with Crippen molar-refractivity contribution in [2.45, 2.75) is 32.7 Å². The van der Waals surface area contributed by atoms with Gasteiger partial charge in [-0.3, -0.25) is 4.79 Å². The predicted octanol–water partition coefficient (Wildman–Crippen LogP) is 3.38. The van der Waals surface area contributed by atoms with Crippen LogP contribution < -0.4 is 10.6 Å². The molecule has 4 heteroatoms. The second-order valence-electron chi connectivity index (χ2n) is 5.22. The molecule has 0 saturated carbocycles. The number of nitrogens with one attached hydrogen (secondary N) is 2. The Morgan fingerprint density at radius 1 is 1.29 bits per heavy atom. The molecule has 21 heavy (non-hydrogen) atoms. The molecular weight excluding hydrogens is 264 g/mol. The molecule has 0 aliphatic rings. The maximum Gasteiger partial charge on any atom is 0.251 e. The summed E-state index contributed by atoms with van der Waals surface area (Å²) in [5.41, 5.74) is 2.69. The molecule has 1 amide bonds. The number of hydrogen-bond acceptors (Lipinski definition) is 3. The van der Waals surface area contributed by atoms with Crippen molar-refractivity contribution in [1.82, 2.24) is 5.32 Å². The van der Waals surface area contributed by atoms with Gasteiger partial charge in [-0.25, -0.2) is 0 Å². The van der Waals surface area contributed by atoms with Gasteiger partial charge in [0.25, 0.3) is 5.91 Å². The van der Waals surface area contributed by atoms with Crippen LogP contribution in [-0.4, -0.2) is 19.0 Å². The van der Waals surface area contributed by atoms with Crippen molar-refractivity contribution in [2.24, 2.45) is 0 Å². The molecule has 0 aliphatic carbocycles. The maximum absolute atomic E-state index is 11.8. The molecule has 0 saturated heterocycles. The quantitative estimate of drug-likeness (QED) is 0.856. The molecule has 1 atom stereocenters. The van der Waals surface area contributed by atoms with Crippen LogP contribution >= 0.6 is 0 Å². The van der Waals surface area contributed by atoms with Crippen LogP contribution in [0, 0.1) is 6.92 Å². The van der Waals surface area contributed by atoms with Crippen LogP contribution in [0.5, 0.6) is 0 Å². The van der Waals surface area contributed by atoms with E-state index in [-0.39, 0.29) is 5.91 Å². The van der Waals surface area contributed by atoms with Gasteiger partial charge in [-0.1, -0.05) is 6.07 Å². The zero-order valence-electron chi connectivity index (χ0n) is 12.8. The summed E-state index contributed by atoms with van der Waals surface area (Å²) < 4.78 is 5.34. The second kappa shape index (κ2) is 6.97. The first-order valence-electron chi connectivity index (χ1n) is 7.22. The largest absolute Gasteiger partial charge is 0.469 e. The third kappa shape index (κ3) is 3.88. The molecule has 0 aliphatic heterocycles. The highest BCUT2D eigenvalue weighted by Crippen LogP contribution is 2.20. The van der Waals surface area contributed by atoms with Crippen LogP contribution in [0.4, 0.5) is 5.69 Å². The molecule has 1 heterocycles. The third-order valence-corrected chi connectivity index (χ3v) is 3.61. The molecule has 1 aromatic heterocycles. The van der Waals surface area contributed by atoms with E-state index in [0.29, 0.717) is 11.6 Å². The van der Waals surface area contributed by atoms with E-state index in [4.69, 9.17) is 4.42 Å². The number of carbonyl (C=O) groups excluding carboxylic acids is 1. The first kappa shape index (κ1) is 15.2. The lowest BCUT2D eigenvalue weighted by Crippen LogP contribution is -2.21. The number of aryl methyl sites for hydroxylation is 1. The Morgan fingerprint density at radius 2 is 2.10 bits per heavy atom. The van der Waals surface area contributed by atoms with Crippen LogP contribution in [0.15, 0.2) is 41.0 Å². The number of anilines is 1. The number of hydrogen-bond donors (Lipinski definition) is 2. The highest BCUT2D eigenvalue weighted by atomic mass is 16.3. The van der Waals surface area contributed by atoms with Gasteiger partial charge < -0.3 is 15.1 Å². The summed E-state index contributed by atoms with van der Waals surface area (Å²) in [6, 6.07) is 9.94. The van der Waals surface area contributed by atoms with Crippen molar-refractivity contribution < 1.29 is 9.21 Å². The van der Waals surface area contributed by atoms with Gasteiger partial charge in [0.2, 0.25) is 0 Å². The van der Waals surface area contributed by atoms with E-state index >= 15 is 0 Å². The molecule has 0 fully saturated rings. The maximum atomic E-state index is 11.8. The Labute approximate surface area is 125 Å². The molecule has 1 aromatic carbocycles. The van der Waals surface area contributed by atoms with Gasteiger partial charge in [-0.05, 0) is 50.1 Å². The van der Waals surface area contributed by atoms with Crippen molar-refractivity contribution in [3.63, 3.8) is 0 Å². The molecular formula is C17H22N2O2. The molecule has 112 valence electrons. The van der Waals surface area contributed by atoms with Crippen LogP contribution in [0.2, 0.25) is 0 Å². The minimum absolute atomic E-state index is 0.0561. The lowest BCUT2D eigenvalue weighted by molar-refractivity contribution is 0.0962. The smallest absolute Gasteiger partial charge is 0.251 e. The van der Waals surface area contributed by atoms with E-state index in [1.165, 1.54) is 0 Å².